The summed E-state index contributed by atoms with van der Waals surface area (Å²) in [5.41, 5.74) is 3.09. The lowest BCUT2D eigenvalue weighted by atomic mass is 10.0. The molecule has 0 amide bonds. The Bertz CT molecular complexity index is 873. The van der Waals surface area contributed by atoms with E-state index < -0.39 is 0 Å². The van der Waals surface area contributed by atoms with E-state index in [2.05, 4.69) is 25.7 Å². The van der Waals surface area contributed by atoms with Gasteiger partial charge in [0.05, 0.1) is 12.2 Å². The Morgan fingerprint density at radius 1 is 1.20 bits per heavy atom. The first-order valence-corrected chi connectivity index (χ1v) is 8.12. The average Bonchev–Trinajstić information content (AvgIpc) is 3.24. The van der Waals surface area contributed by atoms with Crippen LogP contribution in [0, 0.1) is 13.8 Å². The first-order chi connectivity index (χ1) is 12.2. The first-order valence-electron chi connectivity index (χ1n) is 8.12. The molecule has 3 heterocycles. The third-order valence-corrected chi connectivity index (χ3v) is 4.13. The number of aromatic nitrogens is 4. The van der Waals surface area contributed by atoms with Gasteiger partial charge in [0.15, 0.2) is 17.3 Å². The van der Waals surface area contributed by atoms with Gasteiger partial charge in [0.25, 0.3) is 0 Å². The molecule has 1 atom stereocenters. The molecule has 0 bridgehead atoms. The highest BCUT2D eigenvalue weighted by Gasteiger charge is 2.22. The summed E-state index contributed by atoms with van der Waals surface area (Å²) < 4.78 is 16.5. The fraction of sp³-hybridized carbons (Fsp3) is 0.353. The van der Waals surface area contributed by atoms with Gasteiger partial charge in [0, 0.05) is 24.7 Å². The van der Waals surface area contributed by atoms with Crippen LogP contribution < -0.4 is 14.8 Å². The molecule has 8 nitrogen and oxygen atoms in total. The molecule has 0 radical (unpaired) electrons. The third-order valence-electron chi connectivity index (χ3n) is 4.13. The van der Waals surface area contributed by atoms with Gasteiger partial charge in [-0.3, -0.25) is 10.4 Å². The highest BCUT2D eigenvalue weighted by molar-refractivity contribution is 5.45. The first kappa shape index (κ1) is 15.6. The second-order valence-electron chi connectivity index (χ2n) is 5.91. The minimum Gasteiger partial charge on any atom is -0.486 e. The van der Waals surface area contributed by atoms with Gasteiger partial charge in [-0.1, -0.05) is 11.2 Å². The summed E-state index contributed by atoms with van der Waals surface area (Å²) in [6, 6.07) is 5.62. The van der Waals surface area contributed by atoms with Gasteiger partial charge in [-0.15, -0.1) is 0 Å². The number of hydrogen-bond donors (Lipinski definition) is 2. The second-order valence-corrected chi connectivity index (χ2v) is 5.91. The Kier molecular flexibility index (Phi) is 4.10. The molecule has 2 N–H and O–H groups in total. The van der Waals surface area contributed by atoms with Crippen molar-refractivity contribution in [3.63, 3.8) is 0 Å². The average molecular weight is 341 g/mol. The SMILES string of the molecule is Cc1nc(C(NCc2cn[nH]c2C)c2ccc3c(c2)OCCO3)no1. The minimum absolute atomic E-state index is 0.234. The van der Waals surface area contributed by atoms with Crippen molar-refractivity contribution in [2.75, 3.05) is 13.2 Å². The van der Waals surface area contributed by atoms with Crippen molar-refractivity contribution < 1.29 is 14.0 Å². The van der Waals surface area contributed by atoms with Crippen molar-refractivity contribution in [1.82, 2.24) is 25.7 Å². The summed E-state index contributed by atoms with van der Waals surface area (Å²) >= 11 is 0. The molecule has 25 heavy (non-hydrogen) atoms. The summed E-state index contributed by atoms with van der Waals surface area (Å²) in [6.07, 6.45) is 1.81. The van der Waals surface area contributed by atoms with Crippen LogP contribution in [0.1, 0.15) is 34.6 Å². The number of fused-ring (bicyclic) bond motifs is 1. The molecule has 1 unspecified atom stereocenters. The van der Waals surface area contributed by atoms with Gasteiger partial charge in [-0.2, -0.15) is 10.1 Å². The molecular weight excluding hydrogens is 322 g/mol. The van der Waals surface area contributed by atoms with E-state index in [1.807, 2.05) is 31.3 Å². The lowest BCUT2D eigenvalue weighted by Gasteiger charge is -2.21. The Morgan fingerprint density at radius 3 is 2.76 bits per heavy atom. The predicted molar refractivity (Wildman–Crippen MR) is 88.5 cm³/mol. The van der Waals surface area contributed by atoms with Crippen LogP contribution in [0.5, 0.6) is 11.5 Å². The molecule has 8 heteroatoms. The van der Waals surface area contributed by atoms with E-state index in [-0.39, 0.29) is 6.04 Å². The zero-order chi connectivity index (χ0) is 17.2. The Hall–Kier alpha value is -2.87. The monoisotopic (exact) mass is 341 g/mol. The standard InChI is InChI=1S/C17H19N5O3/c1-10-13(9-19-21-10)8-18-16(17-20-11(2)25-22-17)12-3-4-14-15(7-12)24-6-5-23-14/h3-4,7,9,16,18H,5-6,8H2,1-2H3,(H,19,21). The molecule has 2 aromatic heterocycles. The van der Waals surface area contributed by atoms with E-state index in [1.165, 1.54) is 0 Å². The molecule has 0 saturated heterocycles. The number of rotatable bonds is 5. The Balaban J connectivity index is 1.64. The van der Waals surface area contributed by atoms with Crippen molar-refractivity contribution in [2.24, 2.45) is 0 Å². The zero-order valence-corrected chi connectivity index (χ0v) is 14.1. The van der Waals surface area contributed by atoms with Crippen molar-refractivity contribution >= 4 is 0 Å². The Morgan fingerprint density at radius 2 is 2.04 bits per heavy atom. The predicted octanol–water partition coefficient (Wildman–Crippen LogP) is 2.06. The van der Waals surface area contributed by atoms with E-state index >= 15 is 0 Å². The lowest BCUT2D eigenvalue weighted by Crippen LogP contribution is -2.24. The lowest BCUT2D eigenvalue weighted by molar-refractivity contribution is 0.171. The molecule has 0 fully saturated rings. The summed E-state index contributed by atoms with van der Waals surface area (Å²) in [6.45, 7) is 5.50. The highest BCUT2D eigenvalue weighted by Crippen LogP contribution is 2.34. The molecule has 4 rings (SSSR count). The maximum Gasteiger partial charge on any atom is 0.223 e. The van der Waals surface area contributed by atoms with E-state index in [4.69, 9.17) is 14.0 Å². The molecule has 1 aliphatic heterocycles. The maximum atomic E-state index is 5.69. The molecule has 130 valence electrons. The van der Waals surface area contributed by atoms with Gasteiger partial charge in [-0.25, -0.2) is 0 Å². The van der Waals surface area contributed by atoms with Crippen LogP contribution in [0.3, 0.4) is 0 Å². The molecule has 3 aromatic rings. The smallest absolute Gasteiger partial charge is 0.223 e. The van der Waals surface area contributed by atoms with Crippen molar-refractivity contribution in [3.05, 3.63) is 52.9 Å². The van der Waals surface area contributed by atoms with E-state index in [1.54, 1.807) is 6.92 Å². The molecule has 1 aliphatic rings. The topological polar surface area (TPSA) is 98.1 Å². The molecule has 0 aliphatic carbocycles. The van der Waals surface area contributed by atoms with Gasteiger partial charge >= 0.3 is 0 Å². The van der Waals surface area contributed by atoms with Crippen LogP contribution in [-0.2, 0) is 6.54 Å². The Labute approximate surface area is 144 Å². The summed E-state index contributed by atoms with van der Waals surface area (Å²) in [7, 11) is 0. The van der Waals surface area contributed by atoms with Crippen LogP contribution in [0.2, 0.25) is 0 Å². The molecular formula is C17H19N5O3. The van der Waals surface area contributed by atoms with Crippen molar-refractivity contribution in [3.8, 4) is 11.5 Å². The number of benzene rings is 1. The number of nitrogens with zero attached hydrogens (tertiary/aromatic N) is 3. The fourth-order valence-electron chi connectivity index (χ4n) is 2.80. The van der Waals surface area contributed by atoms with Crippen LogP contribution in [-0.4, -0.2) is 33.6 Å². The fourth-order valence-corrected chi connectivity index (χ4v) is 2.80. The summed E-state index contributed by atoms with van der Waals surface area (Å²) in [4.78, 5) is 4.39. The van der Waals surface area contributed by atoms with Gasteiger partial charge < -0.3 is 14.0 Å². The normalized spacial score (nSPS) is 14.5. The molecule has 0 saturated carbocycles. The van der Waals surface area contributed by atoms with Crippen LogP contribution in [0.25, 0.3) is 0 Å². The number of ether oxygens (including phenoxy) is 2. The van der Waals surface area contributed by atoms with Crippen LogP contribution in [0.4, 0.5) is 0 Å². The van der Waals surface area contributed by atoms with Gasteiger partial charge in [0.1, 0.15) is 13.2 Å². The summed E-state index contributed by atoms with van der Waals surface area (Å²) in [5.74, 6) is 2.59. The zero-order valence-electron chi connectivity index (χ0n) is 14.1. The largest absolute Gasteiger partial charge is 0.486 e. The van der Waals surface area contributed by atoms with Crippen LogP contribution in [0.15, 0.2) is 28.9 Å². The van der Waals surface area contributed by atoms with E-state index in [0.29, 0.717) is 31.5 Å². The van der Waals surface area contributed by atoms with Gasteiger partial charge in [-0.05, 0) is 24.6 Å². The number of hydrogen-bond acceptors (Lipinski definition) is 7. The number of nitrogens with one attached hydrogen (secondary N) is 2. The van der Waals surface area contributed by atoms with E-state index in [9.17, 15) is 0 Å². The quantitative estimate of drug-likeness (QED) is 0.733. The summed E-state index contributed by atoms with van der Waals surface area (Å²) in [5, 5.41) is 14.6. The second kappa shape index (κ2) is 6.56. The highest BCUT2D eigenvalue weighted by atomic mass is 16.6. The maximum absolute atomic E-state index is 5.69. The molecule has 1 aromatic carbocycles. The van der Waals surface area contributed by atoms with Crippen molar-refractivity contribution in [1.29, 1.82) is 0 Å². The van der Waals surface area contributed by atoms with Crippen LogP contribution >= 0.6 is 0 Å². The third kappa shape index (κ3) is 3.20. The number of aryl methyl sites for hydroxylation is 2. The van der Waals surface area contributed by atoms with E-state index in [0.717, 1.165) is 28.3 Å². The number of aromatic amines is 1. The minimum atomic E-state index is -0.234. The van der Waals surface area contributed by atoms with Gasteiger partial charge in [0.2, 0.25) is 5.89 Å². The number of H-pyrrole nitrogens is 1. The van der Waals surface area contributed by atoms with Crippen molar-refractivity contribution in [2.45, 2.75) is 26.4 Å². The molecule has 0 spiro atoms.